The number of hydrogen-bond donors (Lipinski definition) is 7. The van der Waals surface area contributed by atoms with Gasteiger partial charge in [-0.05, 0) is 65.2 Å². The molecule has 3 amide bonds. The fraction of sp³-hybridized carbons (Fsp3) is 0.162. The van der Waals surface area contributed by atoms with Crippen LogP contribution in [0.25, 0.3) is 10.8 Å². The lowest BCUT2D eigenvalue weighted by atomic mass is 10.0. The molecule has 0 spiro atoms. The van der Waals surface area contributed by atoms with E-state index in [0.717, 1.165) is 21.2 Å². The molecule has 10 nitrogen and oxygen atoms in total. The number of carbonyl (C=O) groups is 3. The van der Waals surface area contributed by atoms with Crippen molar-refractivity contribution in [2.45, 2.75) is 22.3 Å². The van der Waals surface area contributed by atoms with Crippen molar-refractivity contribution in [1.82, 2.24) is 0 Å². The van der Waals surface area contributed by atoms with E-state index in [2.05, 4.69) is 16.0 Å². The van der Waals surface area contributed by atoms with E-state index in [-0.39, 0.29) is 11.5 Å². The van der Waals surface area contributed by atoms with Crippen LogP contribution in [0.15, 0.2) is 113 Å². The summed E-state index contributed by atoms with van der Waals surface area (Å²) in [6.45, 7) is 0.851. The maximum absolute atomic E-state index is 13.5. The number of fused-ring (bicyclic) bond motifs is 1. The number of hydrogen-bond acceptors (Lipinski definition) is 9. The summed E-state index contributed by atoms with van der Waals surface area (Å²) in [5, 5.41) is 11.0. The van der Waals surface area contributed by atoms with Crippen molar-refractivity contribution >= 4 is 74.8 Å². The number of thioether (sulfide) groups is 2. The summed E-state index contributed by atoms with van der Waals surface area (Å²) in [7, 11) is 0. The largest absolute Gasteiger partial charge is 0.398 e. The number of rotatable bonds is 14. The van der Waals surface area contributed by atoms with E-state index in [1.807, 2.05) is 42.5 Å². The molecule has 5 aromatic carbocycles. The SMILES string of the molecule is NCCSc1c(N)cccc1NC(=O)c1cccc(C(=O)Nc2cccc(NC(=O)[C@H](N)Cc3ccc4ccccc4c3)c2SCCN)c1. The predicted molar refractivity (Wildman–Crippen MR) is 203 cm³/mol. The Morgan fingerprint density at radius 3 is 1.82 bits per heavy atom. The predicted octanol–water partition coefficient (Wildman–Crippen LogP) is 5.54. The number of amides is 3. The number of nitrogens with two attached hydrogens (primary N) is 4. The Bertz CT molecular complexity index is 1970. The standard InChI is InChI=1S/C37H39N7O3S2/c38-16-18-48-33-28(40)10-4-11-30(33)42-35(45)26-8-3-9-27(22-26)36(46)43-31-12-5-13-32(34(31)49-19-17-39)44-37(47)29(41)21-23-14-15-24-6-1-2-7-25(24)20-23/h1-15,20,22,29H,16-19,21,38-41H2,(H,42,45)(H,43,46)(H,44,47)/t29-/m1/s1. The Labute approximate surface area is 293 Å². The molecule has 12 heteroatoms. The topological polar surface area (TPSA) is 191 Å². The summed E-state index contributed by atoms with van der Waals surface area (Å²) in [5.74, 6) is 0.0168. The zero-order chi connectivity index (χ0) is 34.8. The van der Waals surface area contributed by atoms with Crippen molar-refractivity contribution in [3.63, 3.8) is 0 Å². The van der Waals surface area contributed by atoms with Gasteiger partial charge in [0.2, 0.25) is 5.91 Å². The lowest BCUT2D eigenvalue weighted by molar-refractivity contribution is -0.117. The van der Waals surface area contributed by atoms with Gasteiger partial charge in [-0.2, -0.15) is 0 Å². The van der Waals surface area contributed by atoms with Crippen molar-refractivity contribution in [2.75, 3.05) is 46.3 Å². The van der Waals surface area contributed by atoms with Crippen LogP contribution in [0.2, 0.25) is 0 Å². The van der Waals surface area contributed by atoms with Crippen LogP contribution in [0.5, 0.6) is 0 Å². The zero-order valence-corrected chi connectivity index (χ0v) is 28.4. The fourth-order valence-corrected chi connectivity index (χ4v) is 6.86. The van der Waals surface area contributed by atoms with Gasteiger partial charge in [0.05, 0.1) is 32.9 Å². The molecule has 0 fully saturated rings. The van der Waals surface area contributed by atoms with Crippen LogP contribution in [-0.2, 0) is 11.2 Å². The van der Waals surface area contributed by atoms with Crippen molar-refractivity contribution in [1.29, 1.82) is 0 Å². The Morgan fingerprint density at radius 2 is 1.16 bits per heavy atom. The second-order valence-electron chi connectivity index (χ2n) is 11.2. The highest BCUT2D eigenvalue weighted by atomic mass is 32.2. The molecule has 0 aliphatic heterocycles. The first kappa shape index (κ1) is 35.5. The summed E-state index contributed by atoms with van der Waals surface area (Å²) in [6, 6.07) is 30.2. The van der Waals surface area contributed by atoms with Crippen LogP contribution in [0, 0.1) is 0 Å². The van der Waals surface area contributed by atoms with Gasteiger partial charge in [-0.15, -0.1) is 23.5 Å². The zero-order valence-electron chi connectivity index (χ0n) is 26.8. The molecule has 252 valence electrons. The normalized spacial score (nSPS) is 11.6. The first-order chi connectivity index (χ1) is 23.8. The molecule has 49 heavy (non-hydrogen) atoms. The first-order valence-electron chi connectivity index (χ1n) is 15.7. The molecule has 0 aromatic heterocycles. The van der Waals surface area contributed by atoms with Crippen molar-refractivity contribution in [3.05, 3.63) is 120 Å². The molecule has 0 saturated heterocycles. The molecule has 11 N–H and O–H groups in total. The van der Waals surface area contributed by atoms with E-state index < -0.39 is 17.9 Å². The molecule has 0 radical (unpaired) electrons. The van der Waals surface area contributed by atoms with Gasteiger partial charge in [0.25, 0.3) is 11.8 Å². The fourth-order valence-electron chi connectivity index (χ4n) is 5.15. The van der Waals surface area contributed by atoms with Gasteiger partial charge in [0.15, 0.2) is 0 Å². The third kappa shape index (κ3) is 9.19. The minimum Gasteiger partial charge on any atom is -0.398 e. The second-order valence-corrected chi connectivity index (χ2v) is 13.4. The average molecular weight is 694 g/mol. The Balaban J connectivity index is 1.30. The van der Waals surface area contributed by atoms with Gasteiger partial charge in [-0.25, -0.2) is 0 Å². The molecule has 0 heterocycles. The minimum atomic E-state index is -0.802. The van der Waals surface area contributed by atoms with E-state index >= 15 is 0 Å². The van der Waals surface area contributed by atoms with E-state index in [4.69, 9.17) is 22.9 Å². The van der Waals surface area contributed by atoms with Crippen molar-refractivity contribution in [2.24, 2.45) is 17.2 Å². The second kappa shape index (κ2) is 17.0. The summed E-state index contributed by atoms with van der Waals surface area (Å²) in [4.78, 5) is 41.4. The molecular formula is C37H39N7O3S2. The molecule has 0 unspecified atom stereocenters. The van der Waals surface area contributed by atoms with Gasteiger partial charge in [0, 0.05) is 41.4 Å². The Hall–Kier alpha value is -4.85. The molecule has 5 aromatic rings. The number of nitrogens with one attached hydrogen (secondary N) is 3. The summed E-state index contributed by atoms with van der Waals surface area (Å²) in [6.07, 6.45) is 0.355. The molecule has 0 aliphatic rings. The molecule has 0 saturated carbocycles. The number of carbonyl (C=O) groups excluding carboxylic acids is 3. The van der Waals surface area contributed by atoms with E-state index in [1.165, 1.54) is 29.6 Å². The highest BCUT2D eigenvalue weighted by Crippen LogP contribution is 2.35. The average Bonchev–Trinajstić information content (AvgIpc) is 3.11. The number of anilines is 4. The van der Waals surface area contributed by atoms with Crippen LogP contribution in [0.1, 0.15) is 26.3 Å². The minimum absolute atomic E-state index is 0.277. The summed E-state index contributed by atoms with van der Waals surface area (Å²) in [5.41, 5.74) is 27.6. The molecule has 0 aliphatic carbocycles. The quantitative estimate of drug-likeness (QED) is 0.0578. The van der Waals surface area contributed by atoms with Crippen LogP contribution < -0.4 is 38.9 Å². The van der Waals surface area contributed by atoms with Gasteiger partial charge in [-0.3, -0.25) is 14.4 Å². The third-order valence-electron chi connectivity index (χ3n) is 7.54. The van der Waals surface area contributed by atoms with Crippen LogP contribution >= 0.6 is 23.5 Å². The highest BCUT2D eigenvalue weighted by molar-refractivity contribution is 7.99. The maximum atomic E-state index is 13.5. The van der Waals surface area contributed by atoms with Crippen molar-refractivity contribution < 1.29 is 14.4 Å². The van der Waals surface area contributed by atoms with Gasteiger partial charge >= 0.3 is 0 Å². The van der Waals surface area contributed by atoms with Crippen LogP contribution in [0.3, 0.4) is 0 Å². The van der Waals surface area contributed by atoms with Crippen molar-refractivity contribution in [3.8, 4) is 0 Å². The Morgan fingerprint density at radius 1 is 0.612 bits per heavy atom. The Kier molecular flexibility index (Phi) is 12.3. The van der Waals surface area contributed by atoms with Crippen LogP contribution in [-0.4, -0.2) is 48.4 Å². The molecular weight excluding hydrogens is 655 g/mol. The number of benzene rings is 5. The summed E-state index contributed by atoms with van der Waals surface area (Å²) < 4.78 is 0. The lowest BCUT2D eigenvalue weighted by Crippen LogP contribution is -2.37. The van der Waals surface area contributed by atoms with Crippen LogP contribution in [0.4, 0.5) is 22.7 Å². The van der Waals surface area contributed by atoms with E-state index in [1.54, 1.807) is 54.6 Å². The van der Waals surface area contributed by atoms with E-state index in [9.17, 15) is 14.4 Å². The van der Waals surface area contributed by atoms with Gasteiger partial charge in [0.1, 0.15) is 0 Å². The smallest absolute Gasteiger partial charge is 0.255 e. The monoisotopic (exact) mass is 693 g/mol. The molecule has 1 atom stereocenters. The molecule has 5 rings (SSSR count). The molecule has 0 bridgehead atoms. The van der Waals surface area contributed by atoms with Gasteiger partial charge in [-0.1, -0.05) is 60.7 Å². The first-order valence-corrected chi connectivity index (χ1v) is 17.7. The summed E-state index contributed by atoms with van der Waals surface area (Å²) >= 11 is 2.87. The van der Waals surface area contributed by atoms with Gasteiger partial charge < -0.3 is 38.9 Å². The maximum Gasteiger partial charge on any atom is 0.255 e. The third-order valence-corrected chi connectivity index (χ3v) is 9.89. The lowest BCUT2D eigenvalue weighted by Gasteiger charge is -2.18. The highest BCUT2D eigenvalue weighted by Gasteiger charge is 2.20. The van der Waals surface area contributed by atoms with E-state index in [0.29, 0.717) is 64.2 Å². The number of nitrogen functional groups attached to an aromatic ring is 1.